The van der Waals surface area contributed by atoms with Crippen molar-refractivity contribution in [3.05, 3.63) is 52.4 Å². The van der Waals surface area contributed by atoms with Crippen molar-refractivity contribution >= 4 is 11.0 Å². The number of nitrogens with zero attached hydrogens (tertiary/aromatic N) is 3. The van der Waals surface area contributed by atoms with Crippen LogP contribution in [0.1, 0.15) is 31.7 Å². The summed E-state index contributed by atoms with van der Waals surface area (Å²) in [5.41, 5.74) is 1.09. The third-order valence-corrected chi connectivity index (χ3v) is 4.19. The zero-order valence-corrected chi connectivity index (χ0v) is 15.4. The number of aryl methyl sites for hydroxylation is 2. The molecule has 0 bridgehead atoms. The van der Waals surface area contributed by atoms with Crippen LogP contribution >= 0.6 is 0 Å². The van der Waals surface area contributed by atoms with Crippen LogP contribution in [0.5, 0.6) is 5.75 Å². The lowest BCUT2D eigenvalue weighted by molar-refractivity contribution is 0.271. The van der Waals surface area contributed by atoms with E-state index < -0.39 is 0 Å². The van der Waals surface area contributed by atoms with E-state index in [1.54, 1.807) is 12.4 Å². The Hall–Kier alpha value is -2.67. The first-order valence-electron chi connectivity index (χ1n) is 8.84. The van der Waals surface area contributed by atoms with Crippen LogP contribution in [0, 0.1) is 6.92 Å². The number of fused-ring (bicyclic) bond motifs is 1. The van der Waals surface area contributed by atoms with E-state index in [1.807, 2.05) is 30.5 Å². The maximum atomic E-state index is 11.5. The highest BCUT2D eigenvalue weighted by Crippen LogP contribution is 2.22. The summed E-state index contributed by atoms with van der Waals surface area (Å²) < 4.78 is 13.1. The fourth-order valence-corrected chi connectivity index (χ4v) is 2.78. The first-order chi connectivity index (χ1) is 12.6. The molecule has 138 valence electrons. The molecular weight excluding hydrogens is 332 g/mol. The van der Waals surface area contributed by atoms with Gasteiger partial charge >= 0.3 is 5.63 Å². The van der Waals surface area contributed by atoms with Gasteiger partial charge in [0.05, 0.1) is 6.54 Å². The Morgan fingerprint density at radius 1 is 1.35 bits per heavy atom. The molecular formula is C19H24N4O3. The van der Waals surface area contributed by atoms with Gasteiger partial charge in [-0.05, 0) is 38.0 Å². The third-order valence-electron chi connectivity index (χ3n) is 4.19. The number of nitrogens with one attached hydrogen (secondary N) is 1. The topological polar surface area (TPSA) is 82.2 Å². The average Bonchev–Trinajstić information content (AvgIpc) is 3.05. The highest BCUT2D eigenvalue weighted by atomic mass is 16.5. The second-order valence-corrected chi connectivity index (χ2v) is 6.44. The Morgan fingerprint density at radius 3 is 3.00 bits per heavy atom. The molecule has 2 aromatic heterocycles. The molecule has 0 radical (unpaired) electrons. The fraction of sp³-hybridized carbons (Fsp3) is 0.421. The summed E-state index contributed by atoms with van der Waals surface area (Å²) in [5, 5.41) is 12.4. The van der Waals surface area contributed by atoms with Gasteiger partial charge in [-0.2, -0.15) is 0 Å². The summed E-state index contributed by atoms with van der Waals surface area (Å²) in [7, 11) is 0. The Kier molecular flexibility index (Phi) is 5.68. The first kappa shape index (κ1) is 18.1. The van der Waals surface area contributed by atoms with Gasteiger partial charge < -0.3 is 19.0 Å². The van der Waals surface area contributed by atoms with E-state index in [0.29, 0.717) is 24.5 Å². The van der Waals surface area contributed by atoms with Crippen molar-refractivity contribution < 1.29 is 9.15 Å². The van der Waals surface area contributed by atoms with Crippen molar-refractivity contribution in [1.82, 2.24) is 20.1 Å². The summed E-state index contributed by atoms with van der Waals surface area (Å²) >= 11 is 0. The maximum absolute atomic E-state index is 11.5. The molecule has 0 fully saturated rings. The van der Waals surface area contributed by atoms with E-state index in [0.717, 1.165) is 29.7 Å². The van der Waals surface area contributed by atoms with Crippen molar-refractivity contribution in [2.24, 2.45) is 0 Å². The van der Waals surface area contributed by atoms with Gasteiger partial charge in [-0.15, -0.1) is 10.2 Å². The Balaban J connectivity index is 1.57. The molecule has 0 saturated carbocycles. The van der Waals surface area contributed by atoms with Crippen LogP contribution in [-0.2, 0) is 13.1 Å². The molecule has 0 spiro atoms. The molecule has 1 unspecified atom stereocenters. The number of aromatic nitrogens is 3. The minimum atomic E-state index is -0.349. The van der Waals surface area contributed by atoms with Crippen LogP contribution in [0.3, 0.4) is 0 Å². The van der Waals surface area contributed by atoms with Crippen molar-refractivity contribution in [1.29, 1.82) is 0 Å². The van der Waals surface area contributed by atoms with Crippen molar-refractivity contribution in [2.45, 2.75) is 46.3 Å². The summed E-state index contributed by atoms with van der Waals surface area (Å²) in [4.78, 5) is 11.5. The van der Waals surface area contributed by atoms with E-state index in [-0.39, 0.29) is 11.7 Å². The monoisotopic (exact) mass is 356 g/mol. The Morgan fingerprint density at radius 2 is 2.19 bits per heavy atom. The molecule has 7 heteroatoms. The Labute approximate surface area is 152 Å². The summed E-state index contributed by atoms with van der Waals surface area (Å²) in [5.74, 6) is 1.59. The smallest absolute Gasteiger partial charge is 0.336 e. The van der Waals surface area contributed by atoms with Crippen LogP contribution in [0.4, 0.5) is 0 Å². The van der Waals surface area contributed by atoms with Gasteiger partial charge in [0.25, 0.3) is 0 Å². The van der Waals surface area contributed by atoms with Gasteiger partial charge in [0.2, 0.25) is 0 Å². The molecule has 3 rings (SSSR count). The molecule has 1 aromatic carbocycles. The number of rotatable bonds is 8. The number of hydrogen-bond donors (Lipinski definition) is 1. The van der Waals surface area contributed by atoms with Crippen molar-refractivity contribution in [3.63, 3.8) is 0 Å². The lowest BCUT2D eigenvalue weighted by Gasteiger charge is -2.15. The molecule has 7 nitrogen and oxygen atoms in total. The van der Waals surface area contributed by atoms with E-state index in [9.17, 15) is 4.79 Å². The predicted molar refractivity (Wildman–Crippen MR) is 99.3 cm³/mol. The molecule has 0 aliphatic rings. The van der Waals surface area contributed by atoms with Gasteiger partial charge in [0, 0.05) is 30.1 Å². The molecule has 0 saturated heterocycles. The standard InChI is InChI=1S/C19H24N4O3/c1-4-7-23-12-21-22-18(23)10-20-14(3)11-25-15-5-6-16-13(2)8-19(24)26-17(16)9-15/h5-6,8-9,12,14,20H,4,7,10-11H2,1-3H3. The van der Waals surface area contributed by atoms with Crippen LogP contribution in [-0.4, -0.2) is 27.4 Å². The number of hydrogen-bond acceptors (Lipinski definition) is 6. The van der Waals surface area contributed by atoms with Crippen LogP contribution in [0.15, 0.2) is 39.8 Å². The van der Waals surface area contributed by atoms with Gasteiger partial charge in [0.15, 0.2) is 0 Å². The molecule has 3 aromatic rings. The molecule has 1 N–H and O–H groups in total. The van der Waals surface area contributed by atoms with E-state index in [2.05, 4.69) is 22.4 Å². The molecule has 2 heterocycles. The highest BCUT2D eigenvalue weighted by molar-refractivity contribution is 5.81. The predicted octanol–water partition coefficient (Wildman–Crippen LogP) is 2.66. The third kappa shape index (κ3) is 4.29. The van der Waals surface area contributed by atoms with Gasteiger partial charge in [-0.25, -0.2) is 4.79 Å². The summed E-state index contributed by atoms with van der Waals surface area (Å²) in [6.07, 6.45) is 2.80. The summed E-state index contributed by atoms with van der Waals surface area (Å²) in [6, 6.07) is 7.18. The van der Waals surface area contributed by atoms with E-state index in [4.69, 9.17) is 9.15 Å². The number of ether oxygens (including phenoxy) is 1. The number of benzene rings is 1. The van der Waals surface area contributed by atoms with Gasteiger partial charge in [0.1, 0.15) is 30.1 Å². The zero-order chi connectivity index (χ0) is 18.5. The first-order valence-corrected chi connectivity index (χ1v) is 8.84. The lowest BCUT2D eigenvalue weighted by atomic mass is 10.1. The average molecular weight is 356 g/mol. The van der Waals surface area contributed by atoms with Crippen LogP contribution < -0.4 is 15.7 Å². The van der Waals surface area contributed by atoms with Crippen LogP contribution in [0.2, 0.25) is 0 Å². The molecule has 0 aliphatic heterocycles. The van der Waals surface area contributed by atoms with Gasteiger partial charge in [-0.3, -0.25) is 0 Å². The van der Waals surface area contributed by atoms with E-state index >= 15 is 0 Å². The van der Waals surface area contributed by atoms with E-state index in [1.165, 1.54) is 6.07 Å². The minimum Gasteiger partial charge on any atom is -0.492 e. The fourth-order valence-electron chi connectivity index (χ4n) is 2.78. The maximum Gasteiger partial charge on any atom is 0.336 e. The highest BCUT2D eigenvalue weighted by Gasteiger charge is 2.09. The largest absolute Gasteiger partial charge is 0.492 e. The van der Waals surface area contributed by atoms with Crippen LogP contribution in [0.25, 0.3) is 11.0 Å². The lowest BCUT2D eigenvalue weighted by Crippen LogP contribution is -2.32. The second kappa shape index (κ2) is 8.14. The molecule has 26 heavy (non-hydrogen) atoms. The normalized spacial score (nSPS) is 12.4. The Bertz CT molecular complexity index is 932. The molecule has 0 amide bonds. The summed E-state index contributed by atoms with van der Waals surface area (Å²) in [6.45, 7) is 8.10. The second-order valence-electron chi connectivity index (χ2n) is 6.44. The van der Waals surface area contributed by atoms with Gasteiger partial charge in [-0.1, -0.05) is 6.92 Å². The quantitative estimate of drug-likeness (QED) is 0.625. The SMILES string of the molecule is CCCn1cnnc1CNC(C)COc1ccc2c(C)cc(=O)oc2c1. The molecule has 1 atom stereocenters. The zero-order valence-electron chi connectivity index (χ0n) is 15.4. The molecule has 0 aliphatic carbocycles. The van der Waals surface area contributed by atoms with Crippen molar-refractivity contribution in [3.8, 4) is 5.75 Å². The minimum absolute atomic E-state index is 0.127. The van der Waals surface area contributed by atoms with Crippen molar-refractivity contribution in [2.75, 3.05) is 6.61 Å².